The summed E-state index contributed by atoms with van der Waals surface area (Å²) in [6.45, 7) is 6.22. The second-order valence-electron chi connectivity index (χ2n) is 7.56. The summed E-state index contributed by atoms with van der Waals surface area (Å²) < 4.78 is 28.2. The molecule has 1 fully saturated rings. The SMILES string of the molecule is CC(=O)Nc1ccc(S(=O)(=O)N2CCC(N)C(C)(C)C2)c2ccccc12.Cl. The van der Waals surface area contributed by atoms with Gasteiger partial charge in [-0.05, 0) is 24.0 Å². The molecule has 1 unspecified atom stereocenters. The van der Waals surface area contributed by atoms with Gasteiger partial charge in [0, 0.05) is 42.5 Å². The van der Waals surface area contributed by atoms with Gasteiger partial charge in [0.2, 0.25) is 15.9 Å². The van der Waals surface area contributed by atoms with E-state index in [1.165, 1.54) is 11.2 Å². The van der Waals surface area contributed by atoms with Gasteiger partial charge in [-0.2, -0.15) is 4.31 Å². The highest BCUT2D eigenvalue weighted by Crippen LogP contribution is 2.35. The van der Waals surface area contributed by atoms with Crippen LogP contribution in [0.1, 0.15) is 27.2 Å². The van der Waals surface area contributed by atoms with Gasteiger partial charge in [-0.25, -0.2) is 8.42 Å². The molecular weight excluding hydrogens is 386 g/mol. The first-order valence-corrected chi connectivity index (χ1v) is 10.1. The highest BCUT2D eigenvalue weighted by atomic mass is 35.5. The Labute approximate surface area is 166 Å². The molecule has 0 radical (unpaired) electrons. The molecule has 148 valence electrons. The summed E-state index contributed by atoms with van der Waals surface area (Å²) in [6.07, 6.45) is 0.633. The number of anilines is 1. The maximum Gasteiger partial charge on any atom is 0.243 e. The molecule has 27 heavy (non-hydrogen) atoms. The van der Waals surface area contributed by atoms with Crippen LogP contribution < -0.4 is 11.1 Å². The first-order valence-electron chi connectivity index (χ1n) is 8.68. The van der Waals surface area contributed by atoms with Crippen molar-refractivity contribution >= 4 is 44.8 Å². The molecule has 0 bridgehead atoms. The second-order valence-corrected chi connectivity index (χ2v) is 9.47. The molecule has 8 heteroatoms. The van der Waals surface area contributed by atoms with Gasteiger partial charge in [0.05, 0.1) is 4.90 Å². The van der Waals surface area contributed by atoms with Crippen molar-refractivity contribution < 1.29 is 13.2 Å². The normalized spacial score (nSPS) is 20.1. The predicted molar refractivity (Wildman–Crippen MR) is 111 cm³/mol. The van der Waals surface area contributed by atoms with Crippen LogP contribution >= 0.6 is 12.4 Å². The van der Waals surface area contributed by atoms with Gasteiger partial charge in [0.1, 0.15) is 0 Å². The molecule has 2 aromatic carbocycles. The van der Waals surface area contributed by atoms with Crippen LogP contribution in [-0.2, 0) is 14.8 Å². The number of carbonyl (C=O) groups is 1. The van der Waals surface area contributed by atoms with E-state index in [1.54, 1.807) is 24.3 Å². The number of nitrogens with zero attached hydrogens (tertiary/aromatic N) is 1. The number of nitrogens with one attached hydrogen (secondary N) is 1. The number of halogens is 1. The molecule has 1 aliphatic rings. The molecule has 1 aliphatic heterocycles. The summed E-state index contributed by atoms with van der Waals surface area (Å²) in [5.74, 6) is -0.197. The summed E-state index contributed by atoms with van der Waals surface area (Å²) in [5, 5.41) is 4.07. The lowest BCUT2D eigenvalue weighted by molar-refractivity contribution is -0.114. The number of hydrogen-bond acceptors (Lipinski definition) is 4. The fourth-order valence-electron chi connectivity index (χ4n) is 3.46. The summed E-state index contributed by atoms with van der Waals surface area (Å²) >= 11 is 0. The van der Waals surface area contributed by atoms with Crippen molar-refractivity contribution in [1.29, 1.82) is 0 Å². The molecule has 1 saturated heterocycles. The molecule has 0 aromatic heterocycles. The Morgan fingerprint density at radius 1 is 1.19 bits per heavy atom. The Kier molecular flexibility index (Phi) is 6.21. The minimum Gasteiger partial charge on any atom is -0.327 e. The fourth-order valence-corrected chi connectivity index (χ4v) is 5.29. The molecule has 6 nitrogen and oxygen atoms in total. The highest BCUT2D eigenvalue weighted by molar-refractivity contribution is 7.89. The molecule has 1 heterocycles. The average Bonchev–Trinajstić information content (AvgIpc) is 2.57. The zero-order valence-corrected chi connectivity index (χ0v) is 17.4. The van der Waals surface area contributed by atoms with Crippen LogP contribution in [0.25, 0.3) is 10.8 Å². The highest BCUT2D eigenvalue weighted by Gasteiger charge is 2.39. The van der Waals surface area contributed by atoms with E-state index in [0.29, 0.717) is 36.0 Å². The monoisotopic (exact) mass is 411 g/mol. The van der Waals surface area contributed by atoms with Gasteiger partial charge >= 0.3 is 0 Å². The zero-order valence-electron chi connectivity index (χ0n) is 15.7. The van der Waals surface area contributed by atoms with E-state index in [4.69, 9.17) is 5.73 Å². The van der Waals surface area contributed by atoms with E-state index in [-0.39, 0.29) is 34.7 Å². The Morgan fingerprint density at radius 3 is 2.41 bits per heavy atom. The lowest BCUT2D eigenvalue weighted by Gasteiger charge is -2.41. The van der Waals surface area contributed by atoms with E-state index >= 15 is 0 Å². The number of carbonyl (C=O) groups excluding carboxylic acids is 1. The number of nitrogens with two attached hydrogens (primary N) is 1. The van der Waals surface area contributed by atoms with Gasteiger partial charge in [0.15, 0.2) is 0 Å². The minimum absolute atomic E-state index is 0. The van der Waals surface area contributed by atoms with Gasteiger partial charge in [-0.3, -0.25) is 4.79 Å². The van der Waals surface area contributed by atoms with Crippen LogP contribution in [0.2, 0.25) is 0 Å². The maximum atomic E-state index is 13.3. The number of amides is 1. The molecule has 0 spiro atoms. The minimum atomic E-state index is -3.66. The van der Waals surface area contributed by atoms with Crippen LogP contribution in [0, 0.1) is 5.41 Å². The lowest BCUT2D eigenvalue weighted by atomic mass is 9.81. The smallest absolute Gasteiger partial charge is 0.243 e. The summed E-state index contributed by atoms with van der Waals surface area (Å²) in [7, 11) is -3.66. The van der Waals surface area contributed by atoms with Gasteiger partial charge < -0.3 is 11.1 Å². The van der Waals surface area contributed by atoms with Gasteiger partial charge in [0.25, 0.3) is 0 Å². The van der Waals surface area contributed by atoms with E-state index in [2.05, 4.69) is 5.32 Å². The second kappa shape index (κ2) is 7.75. The van der Waals surface area contributed by atoms with Crippen molar-refractivity contribution in [3.05, 3.63) is 36.4 Å². The number of sulfonamides is 1. The molecule has 3 rings (SSSR count). The number of rotatable bonds is 3. The standard InChI is InChI=1S/C19H25N3O3S.ClH/c1-13(23)21-16-8-9-17(15-7-5-4-6-14(15)16)26(24,25)22-11-10-18(20)19(2,3)12-22;/h4-9,18H,10-12,20H2,1-3H3,(H,21,23);1H. The first kappa shape index (κ1) is 21.6. The van der Waals surface area contributed by atoms with Crippen molar-refractivity contribution in [2.24, 2.45) is 11.1 Å². The molecule has 0 aliphatic carbocycles. The molecule has 0 saturated carbocycles. The van der Waals surface area contributed by atoms with E-state index < -0.39 is 10.0 Å². The Balaban J connectivity index is 0.00000261. The molecule has 3 N–H and O–H groups in total. The summed E-state index contributed by atoms with van der Waals surface area (Å²) in [6, 6.07) is 10.4. The fraction of sp³-hybridized carbons (Fsp3) is 0.421. The van der Waals surface area contributed by atoms with Crippen LogP contribution in [-0.4, -0.2) is 37.8 Å². The maximum absolute atomic E-state index is 13.3. The van der Waals surface area contributed by atoms with Crippen molar-refractivity contribution in [2.45, 2.75) is 38.1 Å². The number of piperidine rings is 1. The van der Waals surface area contributed by atoms with Crippen molar-refractivity contribution in [3.8, 4) is 0 Å². The van der Waals surface area contributed by atoms with Crippen molar-refractivity contribution in [1.82, 2.24) is 4.31 Å². The third-order valence-corrected chi connectivity index (χ3v) is 6.99. The van der Waals surface area contributed by atoms with Crippen LogP contribution in [0.3, 0.4) is 0 Å². The van der Waals surface area contributed by atoms with E-state index in [1.807, 2.05) is 26.0 Å². The number of benzene rings is 2. The Hall–Kier alpha value is -1.67. The number of fused-ring (bicyclic) bond motifs is 1. The molecule has 1 atom stereocenters. The zero-order chi connectivity index (χ0) is 19.1. The summed E-state index contributed by atoms with van der Waals surface area (Å²) in [4.78, 5) is 11.7. The van der Waals surface area contributed by atoms with Crippen LogP contribution in [0.15, 0.2) is 41.3 Å². The molecular formula is C19H26ClN3O3S. The third-order valence-electron chi connectivity index (χ3n) is 5.09. The van der Waals surface area contributed by atoms with Crippen molar-refractivity contribution in [2.75, 3.05) is 18.4 Å². The van der Waals surface area contributed by atoms with Crippen LogP contribution in [0.5, 0.6) is 0 Å². The average molecular weight is 412 g/mol. The first-order chi connectivity index (χ1) is 12.1. The lowest BCUT2D eigenvalue weighted by Crippen LogP contribution is -2.53. The van der Waals surface area contributed by atoms with E-state index in [0.717, 1.165) is 0 Å². The topological polar surface area (TPSA) is 92.5 Å². The van der Waals surface area contributed by atoms with Crippen molar-refractivity contribution in [3.63, 3.8) is 0 Å². The quantitative estimate of drug-likeness (QED) is 0.811. The predicted octanol–water partition coefficient (Wildman–Crippen LogP) is 2.97. The van der Waals surface area contributed by atoms with Gasteiger partial charge in [-0.1, -0.05) is 38.1 Å². The van der Waals surface area contributed by atoms with E-state index in [9.17, 15) is 13.2 Å². The molecule has 1 amide bonds. The third kappa shape index (κ3) is 4.11. The Bertz CT molecular complexity index is 960. The largest absolute Gasteiger partial charge is 0.327 e. The number of hydrogen-bond donors (Lipinski definition) is 2. The Morgan fingerprint density at radius 2 is 1.81 bits per heavy atom. The van der Waals surface area contributed by atoms with Crippen LogP contribution in [0.4, 0.5) is 5.69 Å². The summed E-state index contributed by atoms with van der Waals surface area (Å²) in [5.41, 5.74) is 6.48. The molecule has 2 aromatic rings. The van der Waals surface area contributed by atoms with Gasteiger partial charge in [-0.15, -0.1) is 12.4 Å².